The third kappa shape index (κ3) is 2.15. The molecule has 0 aromatic carbocycles. The van der Waals surface area contributed by atoms with E-state index in [2.05, 4.69) is 0 Å². The predicted octanol–water partition coefficient (Wildman–Crippen LogP) is -0.596. The Labute approximate surface area is 66.9 Å². The molecule has 0 spiro atoms. The predicted molar refractivity (Wildman–Crippen MR) is 41.7 cm³/mol. The van der Waals surface area contributed by atoms with Crippen molar-refractivity contribution in [3.63, 3.8) is 0 Å². The lowest BCUT2D eigenvalue weighted by molar-refractivity contribution is 0.286. The maximum absolute atomic E-state index is 11.2. The van der Waals surface area contributed by atoms with Gasteiger partial charge in [0, 0.05) is 19.7 Å². The van der Waals surface area contributed by atoms with Crippen LogP contribution in [0.25, 0.3) is 0 Å². The molecule has 0 unspecified atom stereocenters. The van der Waals surface area contributed by atoms with Crippen LogP contribution in [0, 0.1) is 0 Å². The Hall–Kier alpha value is -0.130. The third-order valence-electron chi connectivity index (χ3n) is 1.77. The molecule has 0 aromatic heterocycles. The molecule has 1 aliphatic rings. The minimum atomic E-state index is -3.01. The number of aliphatic hydroxyl groups is 1. The lowest BCUT2D eigenvalue weighted by Crippen LogP contribution is -2.43. The minimum Gasteiger partial charge on any atom is -0.396 e. The Morgan fingerprint density at radius 2 is 2.00 bits per heavy atom. The number of rotatable bonds is 4. The first-order valence-electron chi connectivity index (χ1n) is 3.75. The highest BCUT2D eigenvalue weighted by Gasteiger charge is 2.26. The molecule has 1 aliphatic heterocycles. The summed E-state index contributed by atoms with van der Waals surface area (Å²) in [5, 5.41) is 8.42. The number of sulfonamides is 1. The average molecular weight is 179 g/mol. The van der Waals surface area contributed by atoms with Gasteiger partial charge in [-0.05, 0) is 12.8 Å². The number of hydrogen-bond donors (Lipinski definition) is 1. The van der Waals surface area contributed by atoms with Crippen molar-refractivity contribution in [1.82, 2.24) is 4.31 Å². The van der Waals surface area contributed by atoms with Crippen LogP contribution in [0.5, 0.6) is 0 Å². The number of aliphatic hydroxyl groups excluding tert-OH is 1. The summed E-state index contributed by atoms with van der Waals surface area (Å²) < 4.78 is 23.8. The molecule has 0 saturated carbocycles. The van der Waals surface area contributed by atoms with Gasteiger partial charge < -0.3 is 5.11 Å². The summed E-state index contributed by atoms with van der Waals surface area (Å²) in [7, 11) is -3.01. The van der Waals surface area contributed by atoms with E-state index in [0.717, 1.165) is 6.42 Å². The summed E-state index contributed by atoms with van der Waals surface area (Å²) >= 11 is 0. The smallest absolute Gasteiger partial charge is 0.214 e. The number of nitrogens with zero attached hydrogens (tertiary/aromatic N) is 1. The Balaban J connectivity index is 2.39. The fourth-order valence-electron chi connectivity index (χ4n) is 0.941. The van der Waals surface area contributed by atoms with Gasteiger partial charge in [-0.3, -0.25) is 0 Å². The monoisotopic (exact) mass is 179 g/mol. The Bertz CT molecular complexity index is 208. The first-order chi connectivity index (χ1) is 5.17. The molecule has 1 rings (SSSR count). The van der Waals surface area contributed by atoms with Crippen LogP contribution in [0.3, 0.4) is 0 Å². The van der Waals surface area contributed by atoms with Gasteiger partial charge in [0.15, 0.2) is 0 Å². The minimum absolute atomic E-state index is 0.0485. The van der Waals surface area contributed by atoms with Gasteiger partial charge in [0.1, 0.15) is 0 Å². The molecule has 1 fully saturated rings. The second kappa shape index (κ2) is 3.51. The SMILES string of the molecule is O=S(=O)(CCCO)N1CCC1. The fraction of sp³-hybridized carbons (Fsp3) is 1.00. The molecule has 1 saturated heterocycles. The van der Waals surface area contributed by atoms with Crippen LogP contribution in [0.4, 0.5) is 0 Å². The van der Waals surface area contributed by atoms with Gasteiger partial charge in [-0.15, -0.1) is 0 Å². The largest absolute Gasteiger partial charge is 0.396 e. The molecular weight excluding hydrogens is 166 g/mol. The molecule has 0 atom stereocenters. The Morgan fingerprint density at radius 1 is 1.36 bits per heavy atom. The second-order valence-electron chi connectivity index (χ2n) is 2.65. The quantitative estimate of drug-likeness (QED) is 0.627. The molecule has 0 radical (unpaired) electrons. The van der Waals surface area contributed by atoms with Crippen molar-refractivity contribution in [1.29, 1.82) is 0 Å². The Morgan fingerprint density at radius 3 is 2.36 bits per heavy atom. The van der Waals surface area contributed by atoms with E-state index in [9.17, 15) is 8.42 Å². The first-order valence-corrected chi connectivity index (χ1v) is 5.36. The molecule has 5 heteroatoms. The normalized spacial score (nSPS) is 19.7. The standard InChI is InChI=1S/C6H13NO3S/c8-5-2-6-11(9,10)7-3-1-4-7/h8H,1-6H2. The molecule has 1 N–H and O–H groups in total. The maximum Gasteiger partial charge on any atom is 0.214 e. The van der Waals surface area contributed by atoms with Crippen molar-refractivity contribution in [3.05, 3.63) is 0 Å². The first kappa shape index (κ1) is 8.96. The van der Waals surface area contributed by atoms with E-state index in [0.29, 0.717) is 19.5 Å². The van der Waals surface area contributed by atoms with Gasteiger partial charge in [0.2, 0.25) is 10.0 Å². The summed E-state index contributed by atoms with van der Waals surface area (Å²) in [6.07, 6.45) is 1.32. The summed E-state index contributed by atoms with van der Waals surface area (Å²) in [5.41, 5.74) is 0. The van der Waals surface area contributed by atoms with Gasteiger partial charge in [0.05, 0.1) is 5.75 Å². The van der Waals surface area contributed by atoms with Crippen LogP contribution >= 0.6 is 0 Å². The van der Waals surface area contributed by atoms with Gasteiger partial charge in [0.25, 0.3) is 0 Å². The van der Waals surface area contributed by atoms with E-state index in [1.807, 2.05) is 0 Å². The molecular formula is C6H13NO3S. The number of hydrogen-bond acceptors (Lipinski definition) is 3. The van der Waals surface area contributed by atoms with Crippen molar-refractivity contribution in [2.75, 3.05) is 25.4 Å². The van der Waals surface area contributed by atoms with E-state index >= 15 is 0 Å². The second-order valence-corrected chi connectivity index (χ2v) is 4.73. The van der Waals surface area contributed by atoms with Crippen molar-refractivity contribution >= 4 is 10.0 Å². The van der Waals surface area contributed by atoms with Gasteiger partial charge in [-0.25, -0.2) is 12.7 Å². The highest BCUT2D eigenvalue weighted by molar-refractivity contribution is 7.89. The van der Waals surface area contributed by atoms with E-state index in [1.165, 1.54) is 4.31 Å². The van der Waals surface area contributed by atoms with Crippen LogP contribution in [0.15, 0.2) is 0 Å². The molecule has 11 heavy (non-hydrogen) atoms. The van der Waals surface area contributed by atoms with Crippen LogP contribution in [-0.4, -0.2) is 43.3 Å². The zero-order valence-corrected chi connectivity index (χ0v) is 7.18. The zero-order valence-electron chi connectivity index (χ0n) is 6.36. The maximum atomic E-state index is 11.2. The van der Waals surface area contributed by atoms with Crippen LogP contribution in [0.2, 0.25) is 0 Å². The Kier molecular flexibility index (Phi) is 2.86. The molecule has 0 bridgehead atoms. The van der Waals surface area contributed by atoms with E-state index in [-0.39, 0.29) is 12.4 Å². The van der Waals surface area contributed by atoms with E-state index < -0.39 is 10.0 Å². The van der Waals surface area contributed by atoms with Gasteiger partial charge in [-0.2, -0.15) is 0 Å². The van der Waals surface area contributed by atoms with E-state index in [4.69, 9.17) is 5.11 Å². The summed E-state index contributed by atoms with van der Waals surface area (Å²) in [5.74, 6) is 0.0868. The van der Waals surface area contributed by atoms with Crippen LogP contribution in [0.1, 0.15) is 12.8 Å². The molecule has 0 aromatic rings. The van der Waals surface area contributed by atoms with Crippen LogP contribution in [-0.2, 0) is 10.0 Å². The molecule has 0 amide bonds. The van der Waals surface area contributed by atoms with Crippen molar-refractivity contribution in [2.24, 2.45) is 0 Å². The molecule has 0 aliphatic carbocycles. The average Bonchev–Trinajstić information content (AvgIpc) is 1.78. The van der Waals surface area contributed by atoms with Gasteiger partial charge >= 0.3 is 0 Å². The lowest BCUT2D eigenvalue weighted by Gasteiger charge is -2.29. The zero-order chi connectivity index (χ0) is 8.32. The fourth-order valence-corrected chi connectivity index (χ4v) is 2.51. The van der Waals surface area contributed by atoms with Crippen molar-refractivity contribution in [2.45, 2.75) is 12.8 Å². The molecule has 4 nitrogen and oxygen atoms in total. The summed E-state index contributed by atoms with van der Waals surface area (Å²) in [6.45, 7) is 1.27. The van der Waals surface area contributed by atoms with Crippen molar-refractivity contribution < 1.29 is 13.5 Å². The highest BCUT2D eigenvalue weighted by Crippen LogP contribution is 2.12. The third-order valence-corrected chi connectivity index (χ3v) is 3.73. The summed E-state index contributed by atoms with van der Waals surface area (Å²) in [4.78, 5) is 0. The molecule has 1 heterocycles. The van der Waals surface area contributed by atoms with Gasteiger partial charge in [-0.1, -0.05) is 0 Å². The lowest BCUT2D eigenvalue weighted by atomic mass is 10.3. The van der Waals surface area contributed by atoms with Crippen LogP contribution < -0.4 is 0 Å². The van der Waals surface area contributed by atoms with Crippen molar-refractivity contribution in [3.8, 4) is 0 Å². The topological polar surface area (TPSA) is 57.6 Å². The highest BCUT2D eigenvalue weighted by atomic mass is 32.2. The van der Waals surface area contributed by atoms with E-state index in [1.54, 1.807) is 0 Å². The summed E-state index contributed by atoms with van der Waals surface area (Å²) in [6, 6.07) is 0. The molecule has 66 valence electrons.